The Hall–Kier alpha value is -2.05. The summed E-state index contributed by atoms with van der Waals surface area (Å²) in [6.07, 6.45) is 7.22. The summed E-state index contributed by atoms with van der Waals surface area (Å²) in [5, 5.41) is 2.42. The van der Waals surface area contributed by atoms with Crippen molar-refractivity contribution in [3.63, 3.8) is 0 Å². The molecule has 1 saturated heterocycles. The number of fused-ring (bicyclic) bond motifs is 2. The van der Waals surface area contributed by atoms with Gasteiger partial charge in [0.05, 0.1) is 17.8 Å². The normalized spacial score (nSPS) is 18.0. The van der Waals surface area contributed by atoms with Crippen molar-refractivity contribution in [2.45, 2.75) is 25.8 Å². The van der Waals surface area contributed by atoms with Crippen LogP contribution >= 0.6 is 11.3 Å². The molecule has 0 unspecified atom stereocenters. The first-order chi connectivity index (χ1) is 12.3. The molecule has 0 spiro atoms. The topological polar surface area (TPSA) is 45.2 Å². The Labute approximate surface area is 151 Å². The van der Waals surface area contributed by atoms with Crippen molar-refractivity contribution in [2.75, 3.05) is 31.1 Å². The molecule has 1 aliphatic carbocycles. The summed E-state index contributed by atoms with van der Waals surface area (Å²) < 4.78 is 0. The van der Waals surface area contributed by atoms with Crippen molar-refractivity contribution in [3.8, 4) is 0 Å². The molecule has 25 heavy (non-hydrogen) atoms. The van der Waals surface area contributed by atoms with Gasteiger partial charge in [-0.2, -0.15) is 0 Å². The van der Waals surface area contributed by atoms with Gasteiger partial charge in [-0.05, 0) is 37.5 Å². The molecule has 1 aliphatic heterocycles. The first-order valence-electron chi connectivity index (χ1n) is 9.00. The zero-order valence-corrected chi connectivity index (χ0v) is 15.0. The van der Waals surface area contributed by atoms with Crippen LogP contribution in [0.5, 0.6) is 0 Å². The fourth-order valence-electron chi connectivity index (χ4n) is 3.84. The number of benzene rings is 1. The van der Waals surface area contributed by atoms with Gasteiger partial charge in [0.1, 0.15) is 11.3 Å². The van der Waals surface area contributed by atoms with Gasteiger partial charge in [-0.25, -0.2) is 15.0 Å². The van der Waals surface area contributed by atoms with Crippen LogP contribution in [-0.4, -0.2) is 46.0 Å². The molecule has 3 aromatic rings. The predicted molar refractivity (Wildman–Crippen MR) is 101 cm³/mol. The molecule has 0 saturated carbocycles. The van der Waals surface area contributed by atoms with E-state index in [4.69, 9.17) is 4.98 Å². The number of thiazole rings is 1. The van der Waals surface area contributed by atoms with E-state index < -0.39 is 0 Å². The Morgan fingerprint density at radius 1 is 1.08 bits per heavy atom. The standard InChI is InChI=1S/C19H21N5S/c1-2-17-18(3-1)25-19(22-17)12-23-6-8-24(9-7-23)15-4-5-16-14(10-15)11-20-13-21-16/h4-5,10-11,13H,1-3,6-9,12H2. The highest BCUT2D eigenvalue weighted by molar-refractivity contribution is 7.11. The summed E-state index contributed by atoms with van der Waals surface area (Å²) >= 11 is 1.93. The highest BCUT2D eigenvalue weighted by Gasteiger charge is 2.21. The van der Waals surface area contributed by atoms with Crippen molar-refractivity contribution >= 4 is 27.9 Å². The highest BCUT2D eigenvalue weighted by atomic mass is 32.1. The first kappa shape index (κ1) is 15.2. The molecule has 1 aromatic carbocycles. The van der Waals surface area contributed by atoms with Gasteiger partial charge in [0.2, 0.25) is 0 Å². The van der Waals surface area contributed by atoms with E-state index in [1.165, 1.54) is 40.5 Å². The molecule has 1 fully saturated rings. The third kappa shape index (κ3) is 3.00. The SMILES string of the molecule is c1ncc2cc(N3CCN(Cc4nc5c(s4)CCC5)CC3)ccc2n1. The van der Waals surface area contributed by atoms with Crippen molar-refractivity contribution in [3.05, 3.63) is 46.3 Å². The molecule has 5 rings (SSSR count). The van der Waals surface area contributed by atoms with Crippen LogP contribution in [0.3, 0.4) is 0 Å². The zero-order valence-electron chi connectivity index (χ0n) is 14.2. The molecule has 6 heteroatoms. The van der Waals surface area contributed by atoms with Crippen LogP contribution in [0.4, 0.5) is 5.69 Å². The molecule has 5 nitrogen and oxygen atoms in total. The van der Waals surface area contributed by atoms with Gasteiger partial charge in [-0.3, -0.25) is 4.90 Å². The Morgan fingerprint density at radius 2 is 2.00 bits per heavy atom. The third-order valence-electron chi connectivity index (χ3n) is 5.22. The number of hydrogen-bond acceptors (Lipinski definition) is 6. The molecule has 2 aliphatic rings. The monoisotopic (exact) mass is 351 g/mol. The smallest absolute Gasteiger partial charge is 0.116 e. The van der Waals surface area contributed by atoms with Crippen LogP contribution in [0.25, 0.3) is 10.9 Å². The zero-order chi connectivity index (χ0) is 16.6. The second-order valence-electron chi connectivity index (χ2n) is 6.86. The molecule has 0 atom stereocenters. The first-order valence-corrected chi connectivity index (χ1v) is 9.81. The summed E-state index contributed by atoms with van der Waals surface area (Å²) in [7, 11) is 0. The van der Waals surface area contributed by atoms with Gasteiger partial charge >= 0.3 is 0 Å². The summed E-state index contributed by atoms with van der Waals surface area (Å²) in [5.41, 5.74) is 3.65. The lowest BCUT2D eigenvalue weighted by molar-refractivity contribution is 0.249. The van der Waals surface area contributed by atoms with Crippen molar-refractivity contribution in [1.82, 2.24) is 19.9 Å². The van der Waals surface area contributed by atoms with Gasteiger partial charge < -0.3 is 4.90 Å². The van der Waals surface area contributed by atoms with E-state index in [2.05, 4.69) is 38.0 Å². The summed E-state index contributed by atoms with van der Waals surface area (Å²) in [6, 6.07) is 6.47. The molecule has 0 N–H and O–H groups in total. The van der Waals surface area contributed by atoms with Crippen LogP contribution in [0.2, 0.25) is 0 Å². The lowest BCUT2D eigenvalue weighted by atomic mass is 10.2. The number of rotatable bonds is 3. The van der Waals surface area contributed by atoms with Gasteiger partial charge in [-0.1, -0.05) is 0 Å². The minimum Gasteiger partial charge on any atom is -0.369 e. The average molecular weight is 351 g/mol. The quantitative estimate of drug-likeness (QED) is 0.726. The number of anilines is 1. The van der Waals surface area contributed by atoms with Gasteiger partial charge in [0.15, 0.2) is 0 Å². The van der Waals surface area contributed by atoms with Gasteiger partial charge in [-0.15, -0.1) is 11.3 Å². The molecule has 128 valence electrons. The maximum atomic E-state index is 4.85. The Kier molecular flexibility index (Phi) is 3.87. The molecule has 0 bridgehead atoms. The lowest BCUT2D eigenvalue weighted by Gasteiger charge is -2.35. The van der Waals surface area contributed by atoms with Crippen molar-refractivity contribution in [2.24, 2.45) is 0 Å². The molecule has 0 radical (unpaired) electrons. The van der Waals surface area contributed by atoms with E-state index in [9.17, 15) is 0 Å². The van der Waals surface area contributed by atoms with Crippen LogP contribution in [0.1, 0.15) is 22.0 Å². The number of aryl methyl sites for hydroxylation is 2. The second-order valence-corrected chi connectivity index (χ2v) is 8.03. The van der Waals surface area contributed by atoms with E-state index in [1.54, 1.807) is 6.33 Å². The van der Waals surface area contributed by atoms with Crippen LogP contribution in [0, 0.1) is 0 Å². The average Bonchev–Trinajstić information content (AvgIpc) is 3.23. The molecular formula is C19H21N5S. The van der Waals surface area contributed by atoms with Gasteiger partial charge in [0.25, 0.3) is 0 Å². The Morgan fingerprint density at radius 3 is 2.88 bits per heavy atom. The van der Waals surface area contributed by atoms with Crippen LogP contribution in [0.15, 0.2) is 30.7 Å². The van der Waals surface area contributed by atoms with Crippen LogP contribution in [-0.2, 0) is 19.4 Å². The van der Waals surface area contributed by atoms with Crippen molar-refractivity contribution in [1.29, 1.82) is 0 Å². The minimum atomic E-state index is 1.01. The summed E-state index contributed by atoms with van der Waals surface area (Å²) in [5.74, 6) is 0. The van der Waals surface area contributed by atoms with E-state index in [1.807, 2.05) is 17.5 Å². The Balaban J connectivity index is 1.24. The minimum absolute atomic E-state index is 1.01. The van der Waals surface area contributed by atoms with Crippen LogP contribution < -0.4 is 4.90 Å². The molecular weight excluding hydrogens is 330 g/mol. The third-order valence-corrected chi connectivity index (χ3v) is 6.37. The summed E-state index contributed by atoms with van der Waals surface area (Å²) in [4.78, 5) is 19.8. The summed E-state index contributed by atoms with van der Waals surface area (Å²) in [6.45, 7) is 5.31. The van der Waals surface area contributed by atoms with E-state index in [0.717, 1.165) is 43.6 Å². The van der Waals surface area contributed by atoms with E-state index >= 15 is 0 Å². The number of aromatic nitrogens is 3. The molecule has 3 heterocycles. The number of nitrogens with zero attached hydrogens (tertiary/aromatic N) is 5. The van der Waals surface area contributed by atoms with E-state index in [-0.39, 0.29) is 0 Å². The fourth-order valence-corrected chi connectivity index (χ4v) is 5.04. The number of hydrogen-bond donors (Lipinski definition) is 0. The molecule has 0 amide bonds. The van der Waals surface area contributed by atoms with Crippen molar-refractivity contribution < 1.29 is 0 Å². The largest absolute Gasteiger partial charge is 0.369 e. The maximum absolute atomic E-state index is 4.85. The predicted octanol–water partition coefficient (Wildman–Crippen LogP) is 2.90. The van der Waals surface area contributed by atoms with Gasteiger partial charge in [0, 0.05) is 48.3 Å². The fraction of sp³-hybridized carbons (Fsp3) is 0.421. The van der Waals surface area contributed by atoms with E-state index in [0.29, 0.717) is 0 Å². The number of piperazine rings is 1. The molecule has 2 aromatic heterocycles. The Bertz CT molecular complexity index is 876. The second kappa shape index (κ2) is 6.35. The lowest BCUT2D eigenvalue weighted by Crippen LogP contribution is -2.45. The maximum Gasteiger partial charge on any atom is 0.116 e. The highest BCUT2D eigenvalue weighted by Crippen LogP contribution is 2.28.